The van der Waals surface area contributed by atoms with Crippen LogP contribution in [0.5, 0.6) is 0 Å². The van der Waals surface area contributed by atoms with E-state index in [0.29, 0.717) is 5.57 Å². The van der Waals surface area contributed by atoms with Gasteiger partial charge < -0.3 is 5.32 Å². The van der Waals surface area contributed by atoms with E-state index in [1.54, 1.807) is 6.08 Å². The van der Waals surface area contributed by atoms with Gasteiger partial charge in [-0.15, -0.1) is 0 Å². The number of nitrogens with one attached hydrogen (secondary N) is 2. The summed E-state index contributed by atoms with van der Waals surface area (Å²) in [6.07, 6.45) is 9.63. The molecule has 0 saturated carbocycles. The number of rotatable bonds is 0. The van der Waals surface area contributed by atoms with E-state index < -0.39 is 0 Å². The van der Waals surface area contributed by atoms with Crippen LogP contribution in [0.25, 0.3) is 0 Å². The maximum atomic E-state index is 8.81. The van der Waals surface area contributed by atoms with Gasteiger partial charge in [0.1, 0.15) is 11.9 Å². The summed E-state index contributed by atoms with van der Waals surface area (Å²) in [5.41, 5.74) is 4.75. The number of fused-ring (bicyclic) bond motifs is 3. The van der Waals surface area contributed by atoms with E-state index in [-0.39, 0.29) is 5.84 Å². The fourth-order valence-corrected chi connectivity index (χ4v) is 1.93. The van der Waals surface area contributed by atoms with Gasteiger partial charge in [0.2, 0.25) is 0 Å². The van der Waals surface area contributed by atoms with Gasteiger partial charge in [-0.3, -0.25) is 5.41 Å². The molecule has 0 aromatic heterocycles. The summed E-state index contributed by atoms with van der Waals surface area (Å²) in [6, 6.07) is 2.00. The number of allylic oxidation sites excluding steroid dienone is 7. The molecule has 3 heteroatoms. The zero-order valence-corrected chi connectivity index (χ0v) is 7.83. The smallest absolute Gasteiger partial charge is 0.140 e. The molecule has 0 spiro atoms. The standard InChI is InChI=1S/C12H7N3/c13-6-7-4-5-10-8-2-1-3-9(8)11(10)15-12(7)14/h1-5H,(H2,14,15). The Morgan fingerprint density at radius 1 is 1.20 bits per heavy atom. The molecule has 0 aromatic rings. The van der Waals surface area contributed by atoms with Crippen molar-refractivity contribution < 1.29 is 0 Å². The molecule has 3 aliphatic rings. The number of nitrogens with zero attached hydrogens (tertiary/aromatic N) is 1. The van der Waals surface area contributed by atoms with Gasteiger partial charge in [-0.1, -0.05) is 24.3 Å². The van der Waals surface area contributed by atoms with Crippen molar-refractivity contribution in [2.24, 2.45) is 0 Å². The molecule has 0 unspecified atom stereocenters. The van der Waals surface area contributed by atoms with E-state index in [0.717, 1.165) is 16.8 Å². The highest BCUT2D eigenvalue weighted by Crippen LogP contribution is 2.42. The third-order valence-corrected chi connectivity index (χ3v) is 2.70. The quantitative estimate of drug-likeness (QED) is 0.615. The predicted octanol–water partition coefficient (Wildman–Crippen LogP) is 1.71. The molecule has 15 heavy (non-hydrogen) atoms. The van der Waals surface area contributed by atoms with Crippen molar-refractivity contribution in [3.8, 4) is 6.07 Å². The Hall–Kier alpha value is -2.34. The van der Waals surface area contributed by atoms with Crippen LogP contribution in [-0.4, -0.2) is 5.84 Å². The molecule has 70 valence electrons. The van der Waals surface area contributed by atoms with Gasteiger partial charge in [0.15, 0.2) is 0 Å². The molecule has 3 nitrogen and oxygen atoms in total. The first-order valence-corrected chi connectivity index (χ1v) is 4.63. The highest BCUT2D eigenvalue weighted by molar-refractivity contribution is 6.03. The van der Waals surface area contributed by atoms with E-state index >= 15 is 0 Å². The summed E-state index contributed by atoms with van der Waals surface area (Å²) in [4.78, 5) is 0. The van der Waals surface area contributed by atoms with Crippen LogP contribution in [0.15, 0.2) is 58.4 Å². The van der Waals surface area contributed by atoms with Crippen LogP contribution in [0.2, 0.25) is 0 Å². The first-order chi connectivity index (χ1) is 7.31. The Kier molecular flexibility index (Phi) is 1.38. The maximum absolute atomic E-state index is 8.81. The molecule has 0 saturated heterocycles. The van der Waals surface area contributed by atoms with Gasteiger partial charge in [0.25, 0.3) is 0 Å². The first-order valence-electron chi connectivity index (χ1n) is 4.63. The van der Waals surface area contributed by atoms with E-state index in [1.807, 2.05) is 30.4 Å². The van der Waals surface area contributed by atoms with Gasteiger partial charge in [0.05, 0.1) is 11.3 Å². The summed E-state index contributed by atoms with van der Waals surface area (Å²) >= 11 is 0. The molecule has 0 atom stereocenters. The Morgan fingerprint density at radius 3 is 2.87 bits per heavy atom. The molecule has 0 bridgehead atoms. The minimum Gasteiger partial charge on any atom is -0.339 e. The highest BCUT2D eigenvalue weighted by atomic mass is 15.0. The van der Waals surface area contributed by atoms with E-state index in [1.165, 1.54) is 5.57 Å². The number of hydrogen-bond donors (Lipinski definition) is 2. The minimum atomic E-state index is 0.172. The van der Waals surface area contributed by atoms with Crippen molar-refractivity contribution in [3.05, 3.63) is 58.4 Å². The van der Waals surface area contributed by atoms with Gasteiger partial charge in [-0.2, -0.15) is 5.26 Å². The van der Waals surface area contributed by atoms with E-state index in [9.17, 15) is 0 Å². The second-order valence-corrected chi connectivity index (χ2v) is 3.50. The zero-order valence-electron chi connectivity index (χ0n) is 7.83. The highest BCUT2D eigenvalue weighted by Gasteiger charge is 2.31. The van der Waals surface area contributed by atoms with Crippen molar-refractivity contribution in [2.75, 3.05) is 0 Å². The monoisotopic (exact) mass is 193 g/mol. The lowest BCUT2D eigenvalue weighted by Gasteiger charge is -2.26. The van der Waals surface area contributed by atoms with Crippen molar-refractivity contribution >= 4 is 5.84 Å². The lowest BCUT2D eigenvalue weighted by Crippen LogP contribution is -2.28. The Balaban J connectivity index is 2.14. The average Bonchev–Trinajstić information content (AvgIpc) is 2.59. The normalized spacial score (nSPS) is 21.3. The molecule has 3 rings (SSSR count). The Morgan fingerprint density at radius 2 is 2.07 bits per heavy atom. The van der Waals surface area contributed by atoms with Crippen LogP contribution in [0.4, 0.5) is 0 Å². The molecule has 0 aromatic carbocycles. The Labute approximate surface area is 86.9 Å². The third-order valence-electron chi connectivity index (χ3n) is 2.70. The molecule has 1 heterocycles. The van der Waals surface area contributed by atoms with Crippen LogP contribution in [0.3, 0.4) is 0 Å². The summed E-state index contributed by atoms with van der Waals surface area (Å²) in [5, 5.41) is 19.5. The molecule has 1 aliphatic heterocycles. The van der Waals surface area contributed by atoms with Gasteiger partial charge in [-0.25, -0.2) is 0 Å². The van der Waals surface area contributed by atoms with Crippen LogP contribution < -0.4 is 5.32 Å². The topological polar surface area (TPSA) is 59.7 Å². The molecular weight excluding hydrogens is 186 g/mol. The number of nitriles is 1. The van der Waals surface area contributed by atoms with Crippen molar-refractivity contribution in [2.45, 2.75) is 0 Å². The molecule has 2 N–H and O–H groups in total. The number of hydrogen-bond acceptors (Lipinski definition) is 2. The molecule has 0 amide bonds. The van der Waals surface area contributed by atoms with Crippen LogP contribution in [-0.2, 0) is 0 Å². The number of amidine groups is 1. The predicted molar refractivity (Wildman–Crippen MR) is 56.9 cm³/mol. The maximum Gasteiger partial charge on any atom is 0.140 e. The van der Waals surface area contributed by atoms with Gasteiger partial charge in [-0.05, 0) is 11.6 Å². The average molecular weight is 193 g/mol. The molecule has 0 fully saturated rings. The van der Waals surface area contributed by atoms with Crippen LogP contribution in [0, 0.1) is 16.7 Å². The molecule has 2 aliphatic carbocycles. The van der Waals surface area contributed by atoms with E-state index in [4.69, 9.17) is 10.7 Å². The summed E-state index contributed by atoms with van der Waals surface area (Å²) in [5.74, 6) is 0.172. The van der Waals surface area contributed by atoms with E-state index in [2.05, 4.69) is 5.32 Å². The largest absolute Gasteiger partial charge is 0.339 e. The summed E-state index contributed by atoms with van der Waals surface area (Å²) < 4.78 is 0. The SMILES string of the molecule is N#CC1=CC=C2C3=CC=CC3=C2NC1=N. The van der Waals surface area contributed by atoms with Crippen LogP contribution >= 0.6 is 0 Å². The summed E-state index contributed by atoms with van der Waals surface area (Å²) in [6.45, 7) is 0. The van der Waals surface area contributed by atoms with Gasteiger partial charge in [0, 0.05) is 11.1 Å². The minimum absolute atomic E-state index is 0.172. The molecule has 0 radical (unpaired) electrons. The van der Waals surface area contributed by atoms with Crippen molar-refractivity contribution in [1.29, 1.82) is 10.7 Å². The molecular formula is C12H7N3. The van der Waals surface area contributed by atoms with Gasteiger partial charge >= 0.3 is 0 Å². The third kappa shape index (κ3) is 0.906. The zero-order chi connectivity index (χ0) is 10.4. The lowest BCUT2D eigenvalue weighted by molar-refractivity contribution is 1.05. The fourth-order valence-electron chi connectivity index (χ4n) is 1.93. The van der Waals surface area contributed by atoms with Crippen molar-refractivity contribution in [3.63, 3.8) is 0 Å². The first kappa shape index (κ1) is 8.01. The fraction of sp³-hybridized carbons (Fsp3) is 0. The second kappa shape index (κ2) is 2.58. The lowest BCUT2D eigenvalue weighted by atomic mass is 9.84. The van der Waals surface area contributed by atoms with Crippen molar-refractivity contribution in [1.82, 2.24) is 5.32 Å². The second-order valence-electron chi connectivity index (χ2n) is 3.50. The Bertz CT molecular complexity index is 574. The summed E-state index contributed by atoms with van der Waals surface area (Å²) in [7, 11) is 0. The van der Waals surface area contributed by atoms with Crippen LogP contribution in [0.1, 0.15) is 0 Å².